The molecule has 1 aromatic carbocycles. The molecular weight excluding hydrogens is 308 g/mol. The van der Waals surface area contributed by atoms with E-state index in [1.54, 1.807) is 6.20 Å². The van der Waals surface area contributed by atoms with Crippen LogP contribution in [-0.2, 0) is 13.0 Å². The van der Waals surface area contributed by atoms with Crippen LogP contribution in [0.1, 0.15) is 55.0 Å². The summed E-state index contributed by atoms with van der Waals surface area (Å²) in [5.74, 6) is 1.12. The fraction of sp³-hybridized carbons (Fsp3) is 0.476. The molecule has 1 aliphatic rings. The molecule has 0 atom stereocenters. The van der Waals surface area contributed by atoms with Crippen molar-refractivity contribution in [3.63, 3.8) is 0 Å². The van der Waals surface area contributed by atoms with E-state index in [9.17, 15) is 5.26 Å². The Balaban J connectivity index is 1.66. The summed E-state index contributed by atoms with van der Waals surface area (Å²) in [7, 11) is 0. The molecule has 0 radical (unpaired) electrons. The van der Waals surface area contributed by atoms with Gasteiger partial charge in [0.15, 0.2) is 0 Å². The SMILES string of the molecule is CC(C)Cc1ccc(C#N)c(C2CCN(Cc3cccnn3)CC2)c1. The van der Waals surface area contributed by atoms with Gasteiger partial charge in [0.1, 0.15) is 0 Å². The Labute approximate surface area is 150 Å². The fourth-order valence-corrected chi connectivity index (χ4v) is 3.70. The summed E-state index contributed by atoms with van der Waals surface area (Å²) < 4.78 is 0. The molecule has 0 spiro atoms. The van der Waals surface area contributed by atoms with Crippen molar-refractivity contribution in [3.05, 3.63) is 58.9 Å². The minimum Gasteiger partial charge on any atom is -0.297 e. The van der Waals surface area contributed by atoms with E-state index in [0.29, 0.717) is 11.8 Å². The summed E-state index contributed by atoms with van der Waals surface area (Å²) in [6.45, 7) is 7.42. The second-order valence-electron chi connectivity index (χ2n) is 7.40. The van der Waals surface area contributed by atoms with E-state index in [4.69, 9.17) is 0 Å². The normalized spacial score (nSPS) is 16.1. The molecule has 4 nitrogen and oxygen atoms in total. The first-order valence-corrected chi connectivity index (χ1v) is 9.17. The third-order valence-corrected chi connectivity index (χ3v) is 4.92. The Morgan fingerprint density at radius 3 is 2.68 bits per heavy atom. The number of piperidine rings is 1. The minimum absolute atomic E-state index is 0.486. The summed E-state index contributed by atoms with van der Waals surface area (Å²) in [5, 5.41) is 17.6. The Kier molecular flexibility index (Phi) is 5.78. The summed E-state index contributed by atoms with van der Waals surface area (Å²) >= 11 is 0. The number of hydrogen-bond donors (Lipinski definition) is 0. The average molecular weight is 334 g/mol. The number of nitrogens with zero attached hydrogens (tertiary/aromatic N) is 4. The first kappa shape index (κ1) is 17.6. The van der Waals surface area contributed by atoms with Crippen molar-refractivity contribution in [1.82, 2.24) is 15.1 Å². The van der Waals surface area contributed by atoms with Gasteiger partial charge in [-0.25, -0.2) is 0 Å². The van der Waals surface area contributed by atoms with E-state index in [2.05, 4.69) is 47.1 Å². The minimum atomic E-state index is 0.486. The van der Waals surface area contributed by atoms with Crippen LogP contribution >= 0.6 is 0 Å². The molecule has 3 rings (SSSR count). The van der Waals surface area contributed by atoms with E-state index in [-0.39, 0.29) is 0 Å². The molecule has 1 saturated heterocycles. The van der Waals surface area contributed by atoms with E-state index >= 15 is 0 Å². The maximum Gasteiger partial charge on any atom is 0.0994 e. The lowest BCUT2D eigenvalue weighted by Crippen LogP contribution is -2.33. The van der Waals surface area contributed by atoms with Crippen LogP contribution in [0.4, 0.5) is 0 Å². The highest BCUT2D eigenvalue weighted by Crippen LogP contribution is 2.31. The second kappa shape index (κ2) is 8.22. The largest absolute Gasteiger partial charge is 0.297 e. The Hall–Kier alpha value is -2.25. The Morgan fingerprint density at radius 2 is 2.04 bits per heavy atom. The van der Waals surface area contributed by atoms with Crippen LogP contribution in [0.3, 0.4) is 0 Å². The van der Waals surface area contributed by atoms with Crippen molar-refractivity contribution in [1.29, 1.82) is 5.26 Å². The van der Waals surface area contributed by atoms with Crippen molar-refractivity contribution in [2.24, 2.45) is 5.92 Å². The van der Waals surface area contributed by atoms with Crippen LogP contribution in [0.2, 0.25) is 0 Å². The molecule has 0 unspecified atom stereocenters. The number of benzene rings is 1. The van der Waals surface area contributed by atoms with Crippen molar-refractivity contribution in [3.8, 4) is 6.07 Å². The topological polar surface area (TPSA) is 52.8 Å². The molecule has 2 aromatic rings. The highest BCUT2D eigenvalue weighted by Gasteiger charge is 2.23. The Bertz CT molecular complexity index is 725. The first-order chi connectivity index (χ1) is 12.2. The lowest BCUT2D eigenvalue weighted by molar-refractivity contribution is 0.202. The second-order valence-corrected chi connectivity index (χ2v) is 7.40. The third-order valence-electron chi connectivity index (χ3n) is 4.92. The zero-order valence-corrected chi connectivity index (χ0v) is 15.2. The van der Waals surface area contributed by atoms with Gasteiger partial charge in [-0.15, -0.1) is 0 Å². The van der Waals surface area contributed by atoms with Crippen LogP contribution in [-0.4, -0.2) is 28.2 Å². The van der Waals surface area contributed by atoms with Gasteiger partial charge in [-0.3, -0.25) is 4.90 Å². The van der Waals surface area contributed by atoms with Gasteiger partial charge in [0.05, 0.1) is 17.3 Å². The summed E-state index contributed by atoms with van der Waals surface area (Å²) in [6.07, 6.45) is 4.98. The molecule has 130 valence electrons. The predicted octanol–water partition coefficient (Wildman–Crippen LogP) is 3.93. The van der Waals surface area contributed by atoms with Gasteiger partial charge < -0.3 is 0 Å². The van der Waals surface area contributed by atoms with Gasteiger partial charge in [0, 0.05) is 12.7 Å². The van der Waals surface area contributed by atoms with Gasteiger partial charge in [-0.05, 0) is 73.5 Å². The fourth-order valence-electron chi connectivity index (χ4n) is 3.70. The van der Waals surface area contributed by atoms with E-state index in [0.717, 1.165) is 50.2 Å². The van der Waals surface area contributed by atoms with Crippen LogP contribution in [0, 0.1) is 17.2 Å². The smallest absolute Gasteiger partial charge is 0.0994 e. The third kappa shape index (κ3) is 4.64. The molecular formula is C21H26N4. The highest BCUT2D eigenvalue weighted by atomic mass is 15.2. The molecule has 0 aliphatic carbocycles. The van der Waals surface area contributed by atoms with Crippen molar-refractivity contribution in [2.75, 3.05) is 13.1 Å². The first-order valence-electron chi connectivity index (χ1n) is 9.17. The molecule has 2 heterocycles. The molecule has 0 saturated carbocycles. The number of likely N-dealkylation sites (tertiary alicyclic amines) is 1. The zero-order chi connectivity index (χ0) is 17.6. The molecule has 1 fully saturated rings. The molecule has 25 heavy (non-hydrogen) atoms. The summed E-state index contributed by atoms with van der Waals surface area (Å²) in [6, 6.07) is 12.8. The summed E-state index contributed by atoms with van der Waals surface area (Å²) in [4.78, 5) is 2.44. The van der Waals surface area contributed by atoms with E-state index in [1.165, 1.54) is 11.1 Å². The standard InChI is InChI=1S/C21H26N4/c1-16(2)12-17-5-6-19(14-22)21(13-17)18-7-10-25(11-8-18)15-20-4-3-9-23-24-20/h3-6,9,13,16,18H,7-8,10-12,15H2,1-2H3. The molecule has 0 bridgehead atoms. The lowest BCUT2D eigenvalue weighted by atomic mass is 9.85. The molecule has 0 N–H and O–H groups in total. The monoisotopic (exact) mass is 334 g/mol. The van der Waals surface area contributed by atoms with Crippen LogP contribution in [0.5, 0.6) is 0 Å². The van der Waals surface area contributed by atoms with Crippen molar-refractivity contribution in [2.45, 2.75) is 45.6 Å². The van der Waals surface area contributed by atoms with Crippen molar-refractivity contribution < 1.29 is 0 Å². The van der Waals surface area contributed by atoms with Crippen LogP contribution in [0.15, 0.2) is 36.5 Å². The van der Waals surface area contributed by atoms with Gasteiger partial charge in [-0.1, -0.05) is 26.0 Å². The van der Waals surface area contributed by atoms with Gasteiger partial charge in [0.25, 0.3) is 0 Å². The molecule has 4 heteroatoms. The highest BCUT2D eigenvalue weighted by molar-refractivity contribution is 5.42. The predicted molar refractivity (Wildman–Crippen MR) is 99.0 cm³/mol. The molecule has 1 aromatic heterocycles. The van der Waals surface area contributed by atoms with Gasteiger partial charge in [0.2, 0.25) is 0 Å². The van der Waals surface area contributed by atoms with Crippen LogP contribution < -0.4 is 0 Å². The maximum atomic E-state index is 9.49. The van der Waals surface area contributed by atoms with Gasteiger partial charge >= 0.3 is 0 Å². The molecule has 0 amide bonds. The molecule has 1 aliphatic heterocycles. The number of aromatic nitrogens is 2. The lowest BCUT2D eigenvalue weighted by Gasteiger charge is -2.32. The van der Waals surface area contributed by atoms with Gasteiger partial charge in [-0.2, -0.15) is 15.5 Å². The number of nitriles is 1. The van der Waals surface area contributed by atoms with Crippen molar-refractivity contribution >= 4 is 0 Å². The van der Waals surface area contributed by atoms with E-state index < -0.39 is 0 Å². The summed E-state index contributed by atoms with van der Waals surface area (Å²) in [5.41, 5.74) is 4.48. The number of hydrogen-bond acceptors (Lipinski definition) is 4. The number of rotatable bonds is 5. The average Bonchev–Trinajstić information content (AvgIpc) is 2.63. The zero-order valence-electron chi connectivity index (χ0n) is 15.2. The maximum absolute atomic E-state index is 9.49. The van der Waals surface area contributed by atoms with E-state index in [1.807, 2.05) is 18.2 Å². The van der Waals surface area contributed by atoms with Crippen LogP contribution in [0.25, 0.3) is 0 Å². The quantitative estimate of drug-likeness (QED) is 0.831. The Morgan fingerprint density at radius 1 is 1.24 bits per heavy atom.